The van der Waals surface area contributed by atoms with E-state index in [9.17, 15) is 19.2 Å². The molecule has 8 heteroatoms. The van der Waals surface area contributed by atoms with E-state index in [1.165, 1.54) is 13.2 Å². The van der Waals surface area contributed by atoms with Gasteiger partial charge in [0.05, 0.1) is 20.3 Å². The summed E-state index contributed by atoms with van der Waals surface area (Å²) in [6, 6.07) is 8.43. The van der Waals surface area contributed by atoms with Gasteiger partial charge in [-0.2, -0.15) is 0 Å². The molecule has 8 nitrogen and oxygen atoms in total. The van der Waals surface area contributed by atoms with Crippen molar-refractivity contribution in [2.75, 3.05) is 20.3 Å². The Morgan fingerprint density at radius 2 is 1.58 bits per heavy atom. The molecule has 2 aromatic rings. The minimum atomic E-state index is -0.686. The Morgan fingerprint density at radius 3 is 2.12 bits per heavy atom. The molecule has 0 radical (unpaired) electrons. The van der Waals surface area contributed by atoms with Crippen molar-refractivity contribution in [2.24, 2.45) is 0 Å². The zero-order valence-corrected chi connectivity index (χ0v) is 14.8. The summed E-state index contributed by atoms with van der Waals surface area (Å²) in [5, 5.41) is 0.692. The van der Waals surface area contributed by atoms with Gasteiger partial charge in [0.1, 0.15) is 17.6 Å². The Morgan fingerprint density at radius 1 is 1.00 bits per heavy atom. The summed E-state index contributed by atoms with van der Waals surface area (Å²) in [5.41, 5.74) is -0.313. The summed E-state index contributed by atoms with van der Waals surface area (Å²) in [4.78, 5) is 43.8. The highest BCUT2D eigenvalue weighted by molar-refractivity contribution is 5.92. The molecule has 0 bridgehead atoms. The molecule has 26 heavy (non-hydrogen) atoms. The third-order valence-electron chi connectivity index (χ3n) is 2.95. The first-order chi connectivity index (χ1) is 12.4. The predicted molar refractivity (Wildman–Crippen MR) is 91.7 cm³/mol. The second kappa shape index (κ2) is 10.7. The van der Waals surface area contributed by atoms with Crippen molar-refractivity contribution in [3.05, 3.63) is 46.3 Å². The summed E-state index contributed by atoms with van der Waals surface area (Å²) >= 11 is 0. The molecular weight excluding hydrogens is 344 g/mol. The molecule has 0 saturated heterocycles. The molecule has 0 aliphatic rings. The fraction of sp³-hybridized carbons (Fsp3) is 0.333. The highest BCUT2D eigenvalue weighted by Gasteiger charge is 2.13. The van der Waals surface area contributed by atoms with Gasteiger partial charge in [0.25, 0.3) is 0 Å². The van der Waals surface area contributed by atoms with Gasteiger partial charge in [0.2, 0.25) is 0 Å². The molecule has 0 aliphatic carbocycles. The van der Waals surface area contributed by atoms with E-state index in [0.717, 1.165) is 0 Å². The molecule has 1 aromatic heterocycles. The van der Waals surface area contributed by atoms with E-state index in [2.05, 4.69) is 14.2 Å². The standard InChI is InChI=1S/C11H8O4.C7H12O4/c1-14-10(12)8-6-7-4-2-3-5-9(7)15-11(8)13;1-3-10-6(8)5-7(9)11-4-2/h2-6H,1H3;3-5H2,1-2H3. The van der Waals surface area contributed by atoms with Crippen LogP contribution in [0.5, 0.6) is 0 Å². The highest BCUT2D eigenvalue weighted by atomic mass is 16.6. The normalized spacial score (nSPS) is 9.65. The van der Waals surface area contributed by atoms with Gasteiger partial charge >= 0.3 is 23.5 Å². The van der Waals surface area contributed by atoms with Crippen LogP contribution in [0.4, 0.5) is 0 Å². The van der Waals surface area contributed by atoms with Crippen LogP contribution in [0, 0.1) is 0 Å². The first kappa shape index (κ1) is 20.9. The van der Waals surface area contributed by atoms with Gasteiger partial charge in [-0.15, -0.1) is 0 Å². The number of benzene rings is 1. The van der Waals surface area contributed by atoms with Crippen LogP contribution in [0.25, 0.3) is 11.0 Å². The minimum Gasteiger partial charge on any atom is -0.466 e. The number of hydrogen-bond donors (Lipinski definition) is 0. The van der Waals surface area contributed by atoms with Crippen LogP contribution in [-0.2, 0) is 23.8 Å². The molecule has 0 fully saturated rings. The fourth-order valence-corrected chi connectivity index (χ4v) is 1.86. The highest BCUT2D eigenvalue weighted by Crippen LogP contribution is 2.12. The summed E-state index contributed by atoms with van der Waals surface area (Å²) in [5.74, 6) is -1.76. The van der Waals surface area contributed by atoms with Crippen LogP contribution in [0.2, 0.25) is 0 Å². The quantitative estimate of drug-likeness (QED) is 0.343. The molecule has 140 valence electrons. The van der Waals surface area contributed by atoms with Crippen LogP contribution >= 0.6 is 0 Å². The van der Waals surface area contributed by atoms with Crippen molar-refractivity contribution in [3.63, 3.8) is 0 Å². The van der Waals surface area contributed by atoms with E-state index in [1.807, 2.05) is 0 Å². The van der Waals surface area contributed by atoms with Gasteiger partial charge in [-0.3, -0.25) is 9.59 Å². The van der Waals surface area contributed by atoms with Crippen LogP contribution in [0.3, 0.4) is 0 Å². The Kier molecular flexibility index (Phi) is 8.56. The van der Waals surface area contributed by atoms with Gasteiger partial charge in [0, 0.05) is 5.39 Å². The average Bonchev–Trinajstić information content (AvgIpc) is 2.61. The van der Waals surface area contributed by atoms with E-state index in [1.54, 1.807) is 38.1 Å². The van der Waals surface area contributed by atoms with Gasteiger partial charge in [-0.25, -0.2) is 9.59 Å². The zero-order valence-electron chi connectivity index (χ0n) is 14.8. The maximum Gasteiger partial charge on any atom is 0.351 e. The van der Waals surface area contributed by atoms with Crippen molar-refractivity contribution < 1.29 is 33.0 Å². The van der Waals surface area contributed by atoms with Crippen LogP contribution in [0.1, 0.15) is 30.6 Å². The number of rotatable bonds is 5. The van der Waals surface area contributed by atoms with Gasteiger partial charge in [0.15, 0.2) is 0 Å². The van der Waals surface area contributed by atoms with Crippen LogP contribution in [-0.4, -0.2) is 38.2 Å². The topological polar surface area (TPSA) is 109 Å². The number of fused-ring (bicyclic) bond motifs is 1. The lowest BCUT2D eigenvalue weighted by Gasteiger charge is -2.00. The number of para-hydroxylation sites is 1. The molecule has 0 aliphatic heterocycles. The summed E-state index contributed by atoms with van der Waals surface area (Å²) in [6.45, 7) is 3.95. The van der Waals surface area contributed by atoms with E-state index in [0.29, 0.717) is 11.0 Å². The Balaban J connectivity index is 0.000000276. The molecule has 0 N–H and O–H groups in total. The summed E-state index contributed by atoms with van der Waals surface area (Å²) in [7, 11) is 1.22. The molecule has 0 saturated carbocycles. The zero-order chi connectivity index (χ0) is 19.5. The average molecular weight is 364 g/mol. The van der Waals surface area contributed by atoms with Crippen molar-refractivity contribution >= 4 is 28.9 Å². The number of carbonyl (C=O) groups excluding carboxylic acids is 3. The van der Waals surface area contributed by atoms with Gasteiger partial charge in [-0.1, -0.05) is 18.2 Å². The van der Waals surface area contributed by atoms with Crippen LogP contribution < -0.4 is 5.63 Å². The van der Waals surface area contributed by atoms with Crippen molar-refractivity contribution in [1.29, 1.82) is 0 Å². The number of ether oxygens (including phenoxy) is 3. The molecule has 0 unspecified atom stereocenters. The van der Waals surface area contributed by atoms with Crippen molar-refractivity contribution in [2.45, 2.75) is 20.3 Å². The summed E-state index contributed by atoms with van der Waals surface area (Å²) < 4.78 is 18.5. The maximum atomic E-state index is 11.4. The predicted octanol–water partition coefficient (Wildman–Crippen LogP) is 2.08. The first-order valence-electron chi connectivity index (χ1n) is 7.85. The molecule has 0 amide bonds. The largest absolute Gasteiger partial charge is 0.466 e. The lowest BCUT2D eigenvalue weighted by atomic mass is 10.2. The molecule has 0 spiro atoms. The van der Waals surface area contributed by atoms with E-state index < -0.39 is 23.5 Å². The second-order valence-corrected chi connectivity index (χ2v) is 4.76. The number of esters is 3. The SMILES string of the molecule is CCOC(=O)CC(=O)OCC.COC(=O)c1cc2ccccc2oc1=O. The molecule has 1 heterocycles. The Labute approximate surface area is 149 Å². The van der Waals surface area contributed by atoms with Crippen molar-refractivity contribution in [3.8, 4) is 0 Å². The second-order valence-electron chi connectivity index (χ2n) is 4.76. The number of methoxy groups -OCH3 is 1. The number of hydrogen-bond acceptors (Lipinski definition) is 8. The molecule has 0 atom stereocenters. The maximum absolute atomic E-state index is 11.4. The van der Waals surface area contributed by atoms with Gasteiger partial charge < -0.3 is 18.6 Å². The van der Waals surface area contributed by atoms with Gasteiger partial charge in [-0.05, 0) is 26.0 Å². The van der Waals surface area contributed by atoms with E-state index in [-0.39, 0.29) is 25.2 Å². The minimum absolute atomic E-state index is 0.0869. The van der Waals surface area contributed by atoms with E-state index in [4.69, 9.17) is 4.42 Å². The fourth-order valence-electron chi connectivity index (χ4n) is 1.86. The van der Waals surface area contributed by atoms with E-state index >= 15 is 0 Å². The third kappa shape index (κ3) is 6.39. The molecular formula is C18H20O8. The monoisotopic (exact) mass is 364 g/mol. The molecule has 2 rings (SSSR count). The first-order valence-corrected chi connectivity index (χ1v) is 7.85. The third-order valence-corrected chi connectivity index (χ3v) is 2.95. The number of carbonyl (C=O) groups is 3. The summed E-state index contributed by atoms with van der Waals surface area (Å²) in [6.07, 6.45) is -0.290. The van der Waals surface area contributed by atoms with Crippen LogP contribution in [0.15, 0.2) is 39.5 Å². The van der Waals surface area contributed by atoms with Crippen molar-refractivity contribution in [1.82, 2.24) is 0 Å². The Bertz CT molecular complexity index is 805. The smallest absolute Gasteiger partial charge is 0.351 e. The Hall–Kier alpha value is -3.16. The molecule has 1 aromatic carbocycles. The lowest BCUT2D eigenvalue weighted by Crippen LogP contribution is -2.14. The lowest BCUT2D eigenvalue weighted by molar-refractivity contribution is -0.153.